The minimum absolute atomic E-state index is 0.153. The summed E-state index contributed by atoms with van der Waals surface area (Å²) in [5, 5.41) is 3.35. The van der Waals surface area contributed by atoms with Gasteiger partial charge in [0.15, 0.2) is 5.82 Å². The summed E-state index contributed by atoms with van der Waals surface area (Å²) >= 11 is 5.89. The lowest BCUT2D eigenvalue weighted by atomic mass is 9.81. The van der Waals surface area contributed by atoms with Crippen molar-refractivity contribution in [2.24, 2.45) is 11.8 Å². The highest BCUT2D eigenvalue weighted by atomic mass is 35.5. The van der Waals surface area contributed by atoms with Gasteiger partial charge < -0.3 is 10.3 Å². The van der Waals surface area contributed by atoms with E-state index in [9.17, 15) is 4.79 Å². The van der Waals surface area contributed by atoms with Crippen molar-refractivity contribution in [2.75, 3.05) is 11.9 Å². The van der Waals surface area contributed by atoms with Crippen LogP contribution in [0.3, 0.4) is 0 Å². The quantitative estimate of drug-likeness (QED) is 0.883. The van der Waals surface area contributed by atoms with E-state index >= 15 is 0 Å². The first-order valence-electron chi connectivity index (χ1n) is 6.67. The molecule has 0 spiro atoms. The number of rotatable bonds is 4. The SMILES string of the molecule is CCC1CCC(CNc2nc[nH]c(=O)c2Cl)CC1. The Kier molecular flexibility index (Phi) is 4.64. The highest BCUT2D eigenvalue weighted by molar-refractivity contribution is 6.32. The van der Waals surface area contributed by atoms with E-state index in [1.165, 1.54) is 38.4 Å². The number of halogens is 1. The van der Waals surface area contributed by atoms with Gasteiger partial charge >= 0.3 is 0 Å². The molecule has 0 aromatic carbocycles. The standard InChI is InChI=1S/C13H20ClN3O/c1-2-9-3-5-10(6-4-9)7-15-12-11(14)13(18)17-8-16-12/h8-10H,2-7H2,1H3,(H2,15,16,17,18). The van der Waals surface area contributed by atoms with Gasteiger partial charge in [0.25, 0.3) is 5.56 Å². The first-order valence-corrected chi connectivity index (χ1v) is 7.05. The Bertz CT molecular complexity index is 438. The second-order valence-corrected chi connectivity index (χ2v) is 5.45. The molecule has 1 fully saturated rings. The van der Waals surface area contributed by atoms with Crippen LogP contribution in [0.25, 0.3) is 0 Å². The van der Waals surface area contributed by atoms with E-state index < -0.39 is 0 Å². The third kappa shape index (κ3) is 3.25. The summed E-state index contributed by atoms with van der Waals surface area (Å²) in [6, 6.07) is 0. The Morgan fingerprint density at radius 2 is 2.06 bits per heavy atom. The minimum Gasteiger partial charge on any atom is -0.368 e. The molecular weight excluding hydrogens is 250 g/mol. The molecular formula is C13H20ClN3O. The van der Waals surface area contributed by atoms with E-state index in [4.69, 9.17) is 11.6 Å². The molecule has 2 N–H and O–H groups in total. The summed E-state index contributed by atoms with van der Waals surface area (Å²) in [6.45, 7) is 3.12. The molecule has 1 aliphatic rings. The fraction of sp³-hybridized carbons (Fsp3) is 0.692. The Hall–Kier alpha value is -1.03. The lowest BCUT2D eigenvalue weighted by Gasteiger charge is -2.28. The van der Waals surface area contributed by atoms with Crippen LogP contribution in [-0.2, 0) is 0 Å². The molecule has 5 heteroatoms. The Morgan fingerprint density at radius 1 is 1.39 bits per heavy atom. The van der Waals surface area contributed by atoms with Crippen LogP contribution in [0.2, 0.25) is 5.02 Å². The predicted octanol–water partition coefficient (Wildman–Crippen LogP) is 3.05. The van der Waals surface area contributed by atoms with Gasteiger partial charge in [-0.05, 0) is 24.7 Å². The van der Waals surface area contributed by atoms with Gasteiger partial charge in [-0.25, -0.2) is 4.98 Å². The van der Waals surface area contributed by atoms with Crippen molar-refractivity contribution in [3.63, 3.8) is 0 Å². The molecule has 1 saturated carbocycles. The summed E-state index contributed by atoms with van der Waals surface area (Å²) < 4.78 is 0. The van der Waals surface area contributed by atoms with Crippen LogP contribution in [0.15, 0.2) is 11.1 Å². The van der Waals surface area contributed by atoms with Crippen molar-refractivity contribution in [2.45, 2.75) is 39.0 Å². The zero-order chi connectivity index (χ0) is 13.0. The van der Waals surface area contributed by atoms with E-state index in [1.807, 2.05) is 0 Å². The lowest BCUT2D eigenvalue weighted by molar-refractivity contribution is 0.278. The minimum atomic E-state index is -0.288. The van der Waals surface area contributed by atoms with E-state index in [2.05, 4.69) is 22.2 Å². The van der Waals surface area contributed by atoms with Gasteiger partial charge in [-0.2, -0.15) is 0 Å². The molecule has 2 rings (SSSR count). The summed E-state index contributed by atoms with van der Waals surface area (Å²) in [5.41, 5.74) is -0.288. The van der Waals surface area contributed by atoms with Crippen molar-refractivity contribution in [3.8, 4) is 0 Å². The molecule has 1 heterocycles. The fourth-order valence-corrected chi connectivity index (χ4v) is 2.76. The Balaban J connectivity index is 1.85. The summed E-state index contributed by atoms with van der Waals surface area (Å²) in [6.07, 6.45) is 7.82. The molecule has 100 valence electrons. The molecule has 0 aliphatic heterocycles. The van der Waals surface area contributed by atoms with Gasteiger partial charge in [0.05, 0.1) is 6.33 Å². The third-order valence-corrected chi connectivity index (χ3v) is 4.25. The molecule has 0 atom stereocenters. The van der Waals surface area contributed by atoms with Crippen LogP contribution in [-0.4, -0.2) is 16.5 Å². The normalized spacial score (nSPS) is 23.9. The van der Waals surface area contributed by atoms with Gasteiger partial charge in [-0.3, -0.25) is 4.79 Å². The highest BCUT2D eigenvalue weighted by Crippen LogP contribution is 2.30. The third-order valence-electron chi connectivity index (χ3n) is 3.90. The zero-order valence-electron chi connectivity index (χ0n) is 10.7. The molecule has 0 radical (unpaired) electrons. The topological polar surface area (TPSA) is 57.8 Å². The molecule has 1 aromatic rings. The molecule has 0 bridgehead atoms. The van der Waals surface area contributed by atoms with Crippen LogP contribution < -0.4 is 10.9 Å². The van der Waals surface area contributed by atoms with Crippen LogP contribution >= 0.6 is 11.6 Å². The van der Waals surface area contributed by atoms with Gasteiger partial charge in [-0.1, -0.05) is 37.8 Å². The highest BCUT2D eigenvalue weighted by Gasteiger charge is 2.20. The molecule has 0 unspecified atom stereocenters. The van der Waals surface area contributed by atoms with Crippen LogP contribution in [0.1, 0.15) is 39.0 Å². The predicted molar refractivity (Wildman–Crippen MR) is 74.1 cm³/mol. The second-order valence-electron chi connectivity index (χ2n) is 5.07. The van der Waals surface area contributed by atoms with E-state index in [1.54, 1.807) is 0 Å². The number of anilines is 1. The van der Waals surface area contributed by atoms with Gasteiger partial charge in [0.1, 0.15) is 5.02 Å². The molecule has 1 aromatic heterocycles. The van der Waals surface area contributed by atoms with Gasteiger partial charge in [-0.15, -0.1) is 0 Å². The van der Waals surface area contributed by atoms with Crippen molar-refractivity contribution in [1.82, 2.24) is 9.97 Å². The number of hydrogen-bond acceptors (Lipinski definition) is 3. The fourth-order valence-electron chi connectivity index (χ4n) is 2.59. The lowest BCUT2D eigenvalue weighted by Crippen LogP contribution is -2.22. The Labute approximate surface area is 112 Å². The first kappa shape index (κ1) is 13.4. The molecule has 0 saturated heterocycles. The van der Waals surface area contributed by atoms with Gasteiger partial charge in [0.2, 0.25) is 0 Å². The summed E-state index contributed by atoms with van der Waals surface area (Å²) in [7, 11) is 0. The maximum absolute atomic E-state index is 11.3. The van der Waals surface area contributed by atoms with Crippen LogP contribution in [0, 0.1) is 11.8 Å². The van der Waals surface area contributed by atoms with Crippen molar-refractivity contribution < 1.29 is 0 Å². The zero-order valence-corrected chi connectivity index (χ0v) is 11.5. The largest absolute Gasteiger partial charge is 0.368 e. The van der Waals surface area contributed by atoms with Crippen molar-refractivity contribution >= 4 is 17.4 Å². The van der Waals surface area contributed by atoms with Crippen molar-refractivity contribution in [1.29, 1.82) is 0 Å². The van der Waals surface area contributed by atoms with E-state index in [-0.39, 0.29) is 10.6 Å². The first-order chi connectivity index (χ1) is 8.70. The molecule has 18 heavy (non-hydrogen) atoms. The average Bonchev–Trinajstić information content (AvgIpc) is 2.41. The van der Waals surface area contributed by atoms with E-state index in [0.29, 0.717) is 11.7 Å². The summed E-state index contributed by atoms with van der Waals surface area (Å²) in [5.74, 6) is 2.07. The number of nitrogens with one attached hydrogen (secondary N) is 2. The average molecular weight is 270 g/mol. The Morgan fingerprint density at radius 3 is 2.72 bits per heavy atom. The number of hydrogen-bond donors (Lipinski definition) is 2. The van der Waals surface area contributed by atoms with Crippen LogP contribution in [0.5, 0.6) is 0 Å². The molecule has 1 aliphatic carbocycles. The monoisotopic (exact) mass is 269 g/mol. The number of aromatic amines is 1. The maximum Gasteiger partial charge on any atom is 0.271 e. The van der Waals surface area contributed by atoms with E-state index in [0.717, 1.165) is 12.5 Å². The summed E-state index contributed by atoms with van der Waals surface area (Å²) in [4.78, 5) is 17.8. The van der Waals surface area contributed by atoms with Gasteiger partial charge in [0, 0.05) is 6.54 Å². The second kappa shape index (κ2) is 6.23. The maximum atomic E-state index is 11.3. The smallest absolute Gasteiger partial charge is 0.271 e. The number of H-pyrrole nitrogens is 1. The number of aromatic nitrogens is 2. The van der Waals surface area contributed by atoms with Crippen molar-refractivity contribution in [3.05, 3.63) is 21.7 Å². The van der Waals surface area contributed by atoms with Crippen LogP contribution in [0.4, 0.5) is 5.82 Å². The molecule has 0 amide bonds. The molecule has 4 nitrogen and oxygen atoms in total. The number of nitrogens with zero attached hydrogens (tertiary/aromatic N) is 1.